The van der Waals surface area contributed by atoms with Gasteiger partial charge in [0.1, 0.15) is 0 Å². The normalized spacial score (nSPS) is 12.0. The molecule has 0 aliphatic heterocycles. The highest BCUT2D eigenvalue weighted by Crippen LogP contribution is 2.31. The Morgan fingerprint density at radius 2 is 1.96 bits per heavy atom. The fourth-order valence-electron chi connectivity index (χ4n) is 2.24. The third-order valence-electron chi connectivity index (χ3n) is 3.53. The van der Waals surface area contributed by atoms with Crippen LogP contribution in [-0.2, 0) is 0 Å². The van der Waals surface area contributed by atoms with Crippen LogP contribution in [0.4, 0.5) is 19.6 Å². The van der Waals surface area contributed by atoms with Crippen molar-refractivity contribution in [2.75, 3.05) is 5.32 Å². The second-order valence-electron chi connectivity index (χ2n) is 5.62. The lowest BCUT2D eigenvalue weighted by atomic mass is 10.1. The highest BCUT2D eigenvalue weighted by Gasteiger charge is 2.20. The molecule has 1 atom stereocenters. The highest BCUT2D eigenvalue weighted by molar-refractivity contribution is 8.02. The zero-order chi connectivity index (χ0) is 18.7. The molecule has 0 bridgehead atoms. The molecule has 4 nitrogen and oxygen atoms in total. The van der Waals surface area contributed by atoms with Crippen LogP contribution < -0.4 is 5.32 Å². The maximum absolute atomic E-state index is 13.3. The van der Waals surface area contributed by atoms with Gasteiger partial charge in [-0.1, -0.05) is 35.2 Å². The lowest BCUT2D eigenvalue weighted by molar-refractivity contribution is 0.0993. The molecule has 1 aromatic heterocycles. The fraction of sp³-hybridized carbons (Fsp3) is 0.167. The molecular formula is C18H15F2N3OS2. The van der Waals surface area contributed by atoms with Crippen molar-refractivity contribution in [3.05, 3.63) is 65.2 Å². The Bertz CT molecular complexity index is 946. The number of thioether (sulfide) groups is 1. The zero-order valence-corrected chi connectivity index (χ0v) is 15.6. The minimum atomic E-state index is -1.03. The van der Waals surface area contributed by atoms with E-state index in [0.29, 0.717) is 9.47 Å². The van der Waals surface area contributed by atoms with Crippen LogP contribution in [0.25, 0.3) is 0 Å². The molecule has 0 radical (unpaired) electrons. The first kappa shape index (κ1) is 18.5. The van der Waals surface area contributed by atoms with Crippen molar-refractivity contribution >= 4 is 39.7 Å². The maximum Gasteiger partial charge on any atom is 0.210 e. The molecule has 0 unspecified atom stereocenters. The molecule has 0 fully saturated rings. The van der Waals surface area contributed by atoms with Crippen LogP contribution in [0.5, 0.6) is 0 Å². The predicted molar refractivity (Wildman–Crippen MR) is 100 cm³/mol. The number of nitrogens with one attached hydrogen (secondary N) is 1. The van der Waals surface area contributed by atoms with Crippen LogP contribution >= 0.6 is 23.1 Å². The second kappa shape index (κ2) is 7.92. The number of hydrogen-bond acceptors (Lipinski definition) is 6. The van der Waals surface area contributed by atoms with Gasteiger partial charge in [0.05, 0.1) is 5.25 Å². The molecule has 0 aliphatic rings. The van der Waals surface area contributed by atoms with E-state index < -0.39 is 16.9 Å². The summed E-state index contributed by atoms with van der Waals surface area (Å²) in [6, 6.07) is 11.0. The maximum atomic E-state index is 13.3. The Morgan fingerprint density at radius 1 is 1.15 bits per heavy atom. The average molecular weight is 391 g/mol. The molecule has 1 heterocycles. The molecule has 1 N–H and O–H groups in total. The van der Waals surface area contributed by atoms with Crippen molar-refractivity contribution in [3.63, 3.8) is 0 Å². The molecule has 3 rings (SSSR count). The first-order valence-corrected chi connectivity index (χ1v) is 9.45. The van der Waals surface area contributed by atoms with Gasteiger partial charge in [0.25, 0.3) is 0 Å². The summed E-state index contributed by atoms with van der Waals surface area (Å²) in [5.74, 6) is -2.30. The van der Waals surface area contributed by atoms with Crippen LogP contribution in [0, 0.1) is 18.6 Å². The molecule has 8 heteroatoms. The number of Topliss-reactive ketones (excluding diaryl/α,β-unsaturated/α-hetero) is 1. The van der Waals surface area contributed by atoms with Gasteiger partial charge in [0, 0.05) is 11.3 Å². The van der Waals surface area contributed by atoms with E-state index in [1.54, 1.807) is 6.92 Å². The number of nitrogens with zero attached hydrogens (tertiary/aromatic N) is 2. The molecule has 2 aromatic carbocycles. The van der Waals surface area contributed by atoms with Crippen molar-refractivity contribution in [1.82, 2.24) is 10.2 Å². The smallest absolute Gasteiger partial charge is 0.210 e. The second-order valence-corrected chi connectivity index (χ2v) is 8.19. The van der Waals surface area contributed by atoms with Gasteiger partial charge in [-0.05, 0) is 49.7 Å². The molecule has 3 aromatic rings. The highest BCUT2D eigenvalue weighted by atomic mass is 32.2. The van der Waals surface area contributed by atoms with Gasteiger partial charge in [-0.15, -0.1) is 10.2 Å². The Kier molecular flexibility index (Phi) is 5.63. The summed E-state index contributed by atoms with van der Waals surface area (Å²) < 4.78 is 26.9. The number of rotatable bonds is 6. The van der Waals surface area contributed by atoms with E-state index in [0.717, 1.165) is 23.4 Å². The summed E-state index contributed by atoms with van der Waals surface area (Å²) in [5, 5.41) is 11.4. The molecule has 26 heavy (non-hydrogen) atoms. The van der Waals surface area contributed by atoms with Gasteiger partial charge in [-0.3, -0.25) is 4.79 Å². The Morgan fingerprint density at radius 3 is 2.69 bits per heavy atom. The lowest BCUT2D eigenvalue weighted by Gasteiger charge is -2.08. The average Bonchev–Trinajstić information content (AvgIpc) is 3.03. The van der Waals surface area contributed by atoms with E-state index >= 15 is 0 Å². The standard InChI is InChI=1S/C18H15F2N3OS2/c1-10-4-3-5-13(8-10)21-17-22-23-18(26-17)25-11(2)16(24)12-6-7-14(19)15(20)9-12/h3-9,11H,1-2H3,(H,21,22)/t11-/m1/s1. The lowest BCUT2D eigenvalue weighted by Crippen LogP contribution is -2.13. The first-order valence-electron chi connectivity index (χ1n) is 7.75. The molecule has 0 amide bonds. The molecule has 0 saturated heterocycles. The van der Waals surface area contributed by atoms with E-state index in [1.807, 2.05) is 31.2 Å². The van der Waals surface area contributed by atoms with Gasteiger partial charge >= 0.3 is 0 Å². The summed E-state index contributed by atoms with van der Waals surface area (Å²) in [5.41, 5.74) is 2.16. The van der Waals surface area contributed by atoms with E-state index in [2.05, 4.69) is 15.5 Å². The number of carbonyl (C=O) groups is 1. The monoisotopic (exact) mass is 391 g/mol. The van der Waals surface area contributed by atoms with Crippen LogP contribution in [0.1, 0.15) is 22.8 Å². The third kappa shape index (κ3) is 4.44. The number of hydrogen-bond donors (Lipinski definition) is 1. The topological polar surface area (TPSA) is 54.9 Å². The van der Waals surface area contributed by atoms with Crippen LogP contribution in [0.3, 0.4) is 0 Å². The van der Waals surface area contributed by atoms with Gasteiger partial charge in [0.15, 0.2) is 21.8 Å². The largest absolute Gasteiger partial charge is 0.330 e. The molecule has 0 aliphatic carbocycles. The number of anilines is 2. The Hall–Kier alpha value is -2.32. The minimum Gasteiger partial charge on any atom is -0.330 e. The van der Waals surface area contributed by atoms with Crippen LogP contribution in [0.15, 0.2) is 46.8 Å². The Labute approximate surface area is 157 Å². The zero-order valence-electron chi connectivity index (χ0n) is 14.0. The van der Waals surface area contributed by atoms with Crippen LogP contribution in [0.2, 0.25) is 0 Å². The molecule has 0 spiro atoms. The molecular weight excluding hydrogens is 376 g/mol. The minimum absolute atomic E-state index is 0.131. The summed E-state index contributed by atoms with van der Waals surface area (Å²) in [6.07, 6.45) is 0. The van der Waals surface area contributed by atoms with Crippen molar-refractivity contribution in [2.45, 2.75) is 23.4 Å². The predicted octanol–water partition coefficient (Wildman–Crippen LogP) is 5.23. The SMILES string of the molecule is Cc1cccc(Nc2nnc(S[C@H](C)C(=O)c3ccc(F)c(F)c3)s2)c1. The Balaban J connectivity index is 1.66. The van der Waals surface area contributed by atoms with Crippen LogP contribution in [-0.4, -0.2) is 21.2 Å². The fourth-order valence-corrected chi connectivity index (χ4v) is 4.24. The number of benzene rings is 2. The number of aryl methyl sites for hydroxylation is 1. The number of ketones is 1. The van der Waals surface area contributed by atoms with Gasteiger partial charge in [0.2, 0.25) is 5.13 Å². The van der Waals surface area contributed by atoms with Crippen molar-refractivity contribution in [2.24, 2.45) is 0 Å². The quantitative estimate of drug-likeness (QED) is 0.460. The summed E-state index contributed by atoms with van der Waals surface area (Å²) in [6.45, 7) is 3.70. The summed E-state index contributed by atoms with van der Waals surface area (Å²) in [4.78, 5) is 12.4. The summed E-state index contributed by atoms with van der Waals surface area (Å²) >= 11 is 2.55. The number of halogens is 2. The van der Waals surface area contributed by atoms with E-state index in [4.69, 9.17) is 0 Å². The van der Waals surface area contributed by atoms with Gasteiger partial charge < -0.3 is 5.32 Å². The van der Waals surface area contributed by atoms with Crippen molar-refractivity contribution < 1.29 is 13.6 Å². The van der Waals surface area contributed by atoms with Crippen molar-refractivity contribution in [3.8, 4) is 0 Å². The number of aromatic nitrogens is 2. The van der Waals surface area contributed by atoms with Gasteiger partial charge in [-0.25, -0.2) is 8.78 Å². The molecule has 134 valence electrons. The van der Waals surface area contributed by atoms with E-state index in [9.17, 15) is 13.6 Å². The van der Waals surface area contributed by atoms with Gasteiger partial charge in [-0.2, -0.15) is 0 Å². The van der Waals surface area contributed by atoms with E-state index in [1.165, 1.54) is 29.2 Å². The van der Waals surface area contributed by atoms with Crippen molar-refractivity contribution in [1.29, 1.82) is 0 Å². The summed E-state index contributed by atoms with van der Waals surface area (Å²) in [7, 11) is 0. The molecule has 0 saturated carbocycles. The third-order valence-corrected chi connectivity index (χ3v) is 5.55. The van der Waals surface area contributed by atoms with E-state index in [-0.39, 0.29) is 11.3 Å². The number of carbonyl (C=O) groups excluding carboxylic acids is 1. The first-order chi connectivity index (χ1) is 12.4.